The molecule has 3 N–H and O–H groups in total. The van der Waals surface area contributed by atoms with Crippen molar-refractivity contribution in [2.75, 3.05) is 0 Å². The number of aryl methyl sites for hydroxylation is 1. The number of carbonyl (C=O) groups excluding carboxylic acids is 3. The molecule has 0 aliphatic carbocycles. The molecule has 31 heavy (non-hydrogen) atoms. The van der Waals surface area contributed by atoms with Crippen LogP contribution in [0.3, 0.4) is 0 Å². The Bertz CT molecular complexity index is 793. The van der Waals surface area contributed by atoms with Crippen LogP contribution in [-0.2, 0) is 30.3 Å². The normalized spacial score (nSPS) is 12.5. The summed E-state index contributed by atoms with van der Waals surface area (Å²) in [6, 6.07) is 6.55. The lowest BCUT2D eigenvalue weighted by atomic mass is 10.0. The molecule has 0 aromatic heterocycles. The number of benzene rings is 1. The van der Waals surface area contributed by atoms with E-state index in [0.717, 1.165) is 15.6 Å². The molecule has 0 radical (unpaired) electrons. The lowest BCUT2D eigenvalue weighted by Crippen LogP contribution is -2.43. The summed E-state index contributed by atoms with van der Waals surface area (Å²) >= 11 is 2.21. The minimum Gasteiger partial charge on any atom is -0.480 e. The van der Waals surface area contributed by atoms with Gasteiger partial charge < -0.3 is 25.1 Å². The van der Waals surface area contributed by atoms with Crippen molar-refractivity contribution in [3.63, 3.8) is 0 Å². The van der Waals surface area contributed by atoms with E-state index in [1.54, 1.807) is 0 Å². The van der Waals surface area contributed by atoms with E-state index in [-0.39, 0.29) is 43.7 Å². The molecular weight excluding hydrogens is 517 g/mol. The van der Waals surface area contributed by atoms with E-state index in [1.807, 2.05) is 29.6 Å². The van der Waals surface area contributed by atoms with Gasteiger partial charge in [-0.05, 0) is 66.5 Å². The van der Waals surface area contributed by atoms with Gasteiger partial charge in [0.15, 0.2) is 0 Å². The number of rotatable bonds is 14. The van der Waals surface area contributed by atoms with Crippen LogP contribution in [0, 0.1) is 3.57 Å². The molecule has 10 heteroatoms. The molecule has 1 rings (SSSR count). The van der Waals surface area contributed by atoms with Gasteiger partial charge in [-0.1, -0.05) is 12.1 Å². The van der Waals surface area contributed by atoms with Crippen molar-refractivity contribution in [3.05, 3.63) is 33.4 Å². The number of ether oxygens (including phenoxy) is 1. The van der Waals surface area contributed by atoms with Gasteiger partial charge in [0.05, 0.1) is 0 Å². The highest BCUT2D eigenvalue weighted by atomic mass is 123. The van der Waals surface area contributed by atoms with Gasteiger partial charge >= 0.3 is 18.0 Å². The van der Waals surface area contributed by atoms with Crippen LogP contribution in [0.1, 0.15) is 51.0 Å². The second-order valence-corrected chi connectivity index (χ2v) is 8.31. The number of carboxylic acids is 2. The van der Waals surface area contributed by atoms with E-state index in [4.69, 9.17) is 9.84 Å². The van der Waals surface area contributed by atoms with Crippen molar-refractivity contribution in [1.82, 2.24) is 5.32 Å². The summed E-state index contributed by atoms with van der Waals surface area (Å²) in [4.78, 5) is 57.4. The molecule has 0 spiro atoms. The average Bonchev–Trinajstić information content (AvgIpc) is 2.69. The number of carboxylic acid groups (broad SMARTS) is 2. The highest BCUT2D eigenvalue weighted by Gasteiger charge is 2.26. The molecule has 0 aliphatic rings. The molecule has 2 atom stereocenters. The highest BCUT2D eigenvalue weighted by molar-refractivity contribution is 14.1. The number of aliphatic carboxylic acids is 2. The Kier molecular flexibility index (Phi) is 11.8. The van der Waals surface area contributed by atoms with Crippen molar-refractivity contribution in [2.45, 2.75) is 64.0 Å². The van der Waals surface area contributed by atoms with Gasteiger partial charge in [-0.15, -0.1) is 0 Å². The predicted octanol–water partition coefficient (Wildman–Crippen LogP) is 2.97. The third-order valence-electron chi connectivity index (χ3n) is 4.42. The van der Waals surface area contributed by atoms with Gasteiger partial charge in [0.1, 0.15) is 17.6 Å². The zero-order chi connectivity index (χ0) is 23.4. The molecule has 1 aromatic carbocycles. The number of Topliss-reactive ketones (excluding diaryl/α,β-unsaturated/α-hetero) is 2. The van der Waals surface area contributed by atoms with Crippen molar-refractivity contribution >= 4 is 52.2 Å². The molecule has 170 valence electrons. The van der Waals surface area contributed by atoms with Crippen LogP contribution < -0.4 is 5.32 Å². The molecule has 0 aliphatic heterocycles. The second kappa shape index (κ2) is 13.7. The van der Waals surface area contributed by atoms with Gasteiger partial charge in [0.25, 0.3) is 0 Å². The van der Waals surface area contributed by atoms with Crippen LogP contribution in [0.25, 0.3) is 0 Å². The first-order chi connectivity index (χ1) is 14.6. The van der Waals surface area contributed by atoms with Gasteiger partial charge in [0.2, 0.25) is 6.10 Å². The smallest absolute Gasteiger partial charge is 0.408 e. The average molecular weight is 543 g/mol. The van der Waals surface area contributed by atoms with E-state index < -0.39 is 30.2 Å². The maximum atomic E-state index is 12.1. The number of alkyl carbamates (subject to hydrolysis) is 1. The summed E-state index contributed by atoms with van der Waals surface area (Å²) in [5.74, 6) is -3.19. The van der Waals surface area contributed by atoms with E-state index >= 15 is 0 Å². The largest absolute Gasteiger partial charge is 0.480 e. The number of amides is 1. The van der Waals surface area contributed by atoms with Crippen LogP contribution in [0.2, 0.25) is 0 Å². The van der Waals surface area contributed by atoms with Crippen molar-refractivity contribution < 1.29 is 38.9 Å². The minimum atomic E-state index is -1.58. The molecule has 0 saturated heterocycles. The van der Waals surface area contributed by atoms with Gasteiger partial charge in [0, 0.05) is 29.3 Å². The fourth-order valence-electron chi connectivity index (χ4n) is 2.70. The number of ketones is 2. The summed E-state index contributed by atoms with van der Waals surface area (Å²) in [5.41, 5.74) is 1.11. The van der Waals surface area contributed by atoms with Crippen LogP contribution >= 0.6 is 22.6 Å². The van der Waals surface area contributed by atoms with E-state index in [9.17, 15) is 29.1 Å². The maximum absolute atomic E-state index is 12.1. The molecule has 1 aromatic rings. The Hall–Kier alpha value is -2.50. The number of hydrogen-bond donors (Lipinski definition) is 3. The molecule has 1 amide bonds. The quantitative estimate of drug-likeness (QED) is 0.304. The first-order valence-electron chi connectivity index (χ1n) is 9.76. The predicted molar refractivity (Wildman–Crippen MR) is 119 cm³/mol. The molecule has 0 saturated carbocycles. The number of nitrogens with one attached hydrogen (secondary N) is 1. The Morgan fingerprint density at radius 1 is 0.968 bits per heavy atom. The minimum absolute atomic E-state index is 0.0592. The zero-order valence-corrected chi connectivity index (χ0v) is 19.3. The first kappa shape index (κ1) is 26.5. The monoisotopic (exact) mass is 543 g/mol. The Labute approximate surface area is 193 Å². The third-order valence-corrected chi connectivity index (χ3v) is 5.14. The summed E-state index contributed by atoms with van der Waals surface area (Å²) in [7, 11) is 0. The first-order valence-corrected chi connectivity index (χ1v) is 10.8. The third kappa shape index (κ3) is 11.5. The second-order valence-electron chi connectivity index (χ2n) is 7.07. The SMILES string of the molecule is CC(=O)CC[C@H](NC(=O)O[C@@H](CCC(=O)CCCc1ccc([123I])cc1)C(=O)O)C(=O)O. The summed E-state index contributed by atoms with van der Waals surface area (Å²) in [6.07, 6.45) is -1.68. The number of hydrogen-bond acceptors (Lipinski definition) is 6. The van der Waals surface area contributed by atoms with Gasteiger partial charge in [-0.2, -0.15) is 0 Å². The van der Waals surface area contributed by atoms with Crippen molar-refractivity contribution in [3.8, 4) is 0 Å². The number of halogens is 1. The standard InChI is InChI=1S/C21H26INO8/c1-13(24)5-11-17(19(26)27)23-21(30)31-18(20(28)29)12-10-16(25)4-2-3-14-6-8-15(22)9-7-14/h6-9,17-18H,2-5,10-12H2,1H3,(H,23,30)(H,26,27)(H,28,29)/t17-,18-/m0/s1/i22-4. The topological polar surface area (TPSA) is 147 Å². The van der Waals surface area contributed by atoms with Crippen molar-refractivity contribution in [2.24, 2.45) is 0 Å². The molecule has 0 bridgehead atoms. The maximum Gasteiger partial charge on any atom is 0.408 e. The van der Waals surface area contributed by atoms with Crippen LogP contribution in [0.5, 0.6) is 0 Å². The fraction of sp³-hybridized carbons (Fsp3) is 0.476. The Morgan fingerprint density at radius 2 is 1.61 bits per heavy atom. The van der Waals surface area contributed by atoms with Crippen LogP contribution in [-0.4, -0.2) is 52.0 Å². The Balaban J connectivity index is 2.44. The molecule has 0 fully saturated rings. The van der Waals surface area contributed by atoms with Crippen molar-refractivity contribution in [1.29, 1.82) is 0 Å². The summed E-state index contributed by atoms with van der Waals surface area (Å²) in [6.45, 7) is 1.29. The van der Waals surface area contributed by atoms with E-state index in [0.29, 0.717) is 6.42 Å². The van der Waals surface area contributed by atoms with Crippen LogP contribution in [0.4, 0.5) is 4.79 Å². The lowest BCUT2D eigenvalue weighted by Gasteiger charge is -2.17. The molecule has 9 nitrogen and oxygen atoms in total. The number of carbonyl (C=O) groups is 5. The van der Waals surface area contributed by atoms with Crippen LogP contribution in [0.15, 0.2) is 24.3 Å². The highest BCUT2D eigenvalue weighted by Crippen LogP contribution is 2.12. The summed E-state index contributed by atoms with van der Waals surface area (Å²) < 4.78 is 5.90. The molecule has 0 unspecified atom stereocenters. The zero-order valence-electron chi connectivity index (χ0n) is 17.1. The van der Waals surface area contributed by atoms with Gasteiger partial charge in [-0.3, -0.25) is 4.79 Å². The van der Waals surface area contributed by atoms with Gasteiger partial charge in [-0.25, -0.2) is 14.4 Å². The molecule has 0 heterocycles. The lowest BCUT2D eigenvalue weighted by molar-refractivity contribution is -0.147. The fourth-order valence-corrected chi connectivity index (χ4v) is 3.06. The summed E-state index contributed by atoms with van der Waals surface area (Å²) in [5, 5.41) is 20.4. The van der Waals surface area contributed by atoms with E-state index in [1.165, 1.54) is 6.92 Å². The van der Waals surface area contributed by atoms with E-state index in [2.05, 4.69) is 22.6 Å². The Morgan fingerprint density at radius 3 is 2.16 bits per heavy atom. The molecular formula is C21H26INO8.